The summed E-state index contributed by atoms with van der Waals surface area (Å²) in [7, 11) is 1.63. The molecule has 0 saturated heterocycles. The van der Waals surface area contributed by atoms with Gasteiger partial charge >= 0.3 is 0 Å². The van der Waals surface area contributed by atoms with Crippen molar-refractivity contribution in [3.8, 4) is 5.88 Å². The van der Waals surface area contributed by atoms with Crippen LogP contribution < -0.4 is 10.1 Å². The summed E-state index contributed by atoms with van der Waals surface area (Å²) in [6.07, 6.45) is 0. The zero-order valence-corrected chi connectivity index (χ0v) is 10.4. The number of rotatable bonds is 7. The summed E-state index contributed by atoms with van der Waals surface area (Å²) in [5.41, 5.74) is 0. The van der Waals surface area contributed by atoms with Gasteiger partial charge in [0, 0.05) is 19.2 Å². The Morgan fingerprint density at radius 3 is 2.69 bits per heavy atom. The lowest BCUT2D eigenvalue weighted by atomic mass is 10.4. The topological polar surface area (TPSA) is 37.4 Å². The molecular weight excluding hydrogens is 202 g/mol. The minimum absolute atomic E-state index is 0.646. The van der Waals surface area contributed by atoms with Gasteiger partial charge in [-0.3, -0.25) is 0 Å². The van der Waals surface area contributed by atoms with Crippen LogP contribution in [-0.4, -0.2) is 43.2 Å². The number of nitrogens with zero attached hydrogens (tertiary/aromatic N) is 2. The first-order valence-electron chi connectivity index (χ1n) is 5.77. The van der Waals surface area contributed by atoms with Crippen molar-refractivity contribution in [3.05, 3.63) is 18.2 Å². The van der Waals surface area contributed by atoms with E-state index in [2.05, 4.69) is 29.0 Å². The summed E-state index contributed by atoms with van der Waals surface area (Å²) in [4.78, 5) is 6.66. The molecule has 0 aliphatic heterocycles. The predicted molar refractivity (Wildman–Crippen MR) is 67.1 cm³/mol. The molecule has 1 aromatic heterocycles. The first-order valence-corrected chi connectivity index (χ1v) is 5.77. The monoisotopic (exact) mass is 223 g/mol. The van der Waals surface area contributed by atoms with Crippen molar-refractivity contribution in [2.45, 2.75) is 13.8 Å². The van der Waals surface area contributed by atoms with E-state index in [0.717, 1.165) is 32.0 Å². The van der Waals surface area contributed by atoms with Gasteiger partial charge in [0.25, 0.3) is 0 Å². The van der Waals surface area contributed by atoms with Crippen molar-refractivity contribution >= 4 is 5.82 Å². The van der Waals surface area contributed by atoms with Crippen molar-refractivity contribution in [2.24, 2.45) is 0 Å². The van der Waals surface area contributed by atoms with Gasteiger partial charge in [0.1, 0.15) is 5.82 Å². The largest absolute Gasteiger partial charge is 0.481 e. The van der Waals surface area contributed by atoms with E-state index in [1.807, 2.05) is 18.2 Å². The third-order valence-electron chi connectivity index (χ3n) is 2.56. The van der Waals surface area contributed by atoms with E-state index in [4.69, 9.17) is 4.74 Å². The minimum Gasteiger partial charge on any atom is -0.481 e. The Morgan fingerprint density at radius 1 is 1.31 bits per heavy atom. The summed E-state index contributed by atoms with van der Waals surface area (Å²) in [5, 5.41) is 3.29. The number of hydrogen-bond donors (Lipinski definition) is 1. The number of methoxy groups -OCH3 is 1. The number of ether oxygens (including phenoxy) is 1. The average Bonchev–Trinajstić information content (AvgIpc) is 2.35. The molecule has 0 spiro atoms. The van der Waals surface area contributed by atoms with E-state index in [1.165, 1.54) is 0 Å². The summed E-state index contributed by atoms with van der Waals surface area (Å²) in [6, 6.07) is 5.73. The fourth-order valence-electron chi connectivity index (χ4n) is 1.51. The Morgan fingerprint density at radius 2 is 2.06 bits per heavy atom. The normalized spacial score (nSPS) is 10.5. The molecule has 0 unspecified atom stereocenters. The van der Waals surface area contributed by atoms with Gasteiger partial charge in [-0.15, -0.1) is 0 Å². The SMILES string of the molecule is CCN(CC)CCNc1cccc(OC)n1. The van der Waals surface area contributed by atoms with Crippen LogP contribution in [0, 0.1) is 0 Å². The van der Waals surface area contributed by atoms with Crippen molar-refractivity contribution in [1.29, 1.82) is 0 Å². The van der Waals surface area contributed by atoms with E-state index >= 15 is 0 Å². The number of nitrogens with one attached hydrogen (secondary N) is 1. The second-order valence-electron chi connectivity index (χ2n) is 3.52. The number of aromatic nitrogens is 1. The van der Waals surface area contributed by atoms with Crippen LogP contribution in [0.2, 0.25) is 0 Å². The lowest BCUT2D eigenvalue weighted by Gasteiger charge is -2.18. The van der Waals surface area contributed by atoms with Gasteiger partial charge in [0.05, 0.1) is 7.11 Å². The molecule has 0 amide bonds. The zero-order chi connectivity index (χ0) is 11.8. The summed E-state index contributed by atoms with van der Waals surface area (Å²) >= 11 is 0. The number of likely N-dealkylation sites (N-methyl/N-ethyl adjacent to an activating group) is 1. The fraction of sp³-hybridized carbons (Fsp3) is 0.583. The molecule has 1 aromatic rings. The van der Waals surface area contributed by atoms with Crippen LogP contribution in [0.4, 0.5) is 5.82 Å². The maximum Gasteiger partial charge on any atom is 0.214 e. The van der Waals surface area contributed by atoms with Crippen LogP contribution in [0.15, 0.2) is 18.2 Å². The quantitative estimate of drug-likeness (QED) is 0.765. The van der Waals surface area contributed by atoms with Gasteiger partial charge in [-0.25, -0.2) is 0 Å². The van der Waals surface area contributed by atoms with Crippen LogP contribution in [-0.2, 0) is 0 Å². The Kier molecular flexibility index (Phi) is 5.64. The Bertz CT molecular complexity index is 300. The molecule has 4 heteroatoms. The third-order valence-corrected chi connectivity index (χ3v) is 2.56. The van der Waals surface area contributed by atoms with E-state index in [9.17, 15) is 0 Å². The average molecular weight is 223 g/mol. The second-order valence-corrected chi connectivity index (χ2v) is 3.52. The van der Waals surface area contributed by atoms with E-state index in [-0.39, 0.29) is 0 Å². The summed E-state index contributed by atoms with van der Waals surface area (Å²) in [6.45, 7) is 8.46. The first kappa shape index (κ1) is 12.8. The standard InChI is InChI=1S/C12H21N3O/c1-4-15(5-2)10-9-13-11-7-6-8-12(14-11)16-3/h6-8H,4-5,9-10H2,1-3H3,(H,13,14). The molecule has 1 heterocycles. The Balaban J connectivity index is 2.36. The van der Waals surface area contributed by atoms with Crippen LogP contribution in [0.1, 0.15) is 13.8 Å². The maximum atomic E-state index is 5.06. The summed E-state index contributed by atoms with van der Waals surface area (Å²) < 4.78 is 5.06. The highest BCUT2D eigenvalue weighted by atomic mass is 16.5. The van der Waals surface area contributed by atoms with Gasteiger partial charge in [0.15, 0.2) is 0 Å². The number of anilines is 1. The molecule has 0 radical (unpaired) electrons. The van der Waals surface area contributed by atoms with Crippen molar-refractivity contribution in [1.82, 2.24) is 9.88 Å². The predicted octanol–water partition coefficient (Wildman–Crippen LogP) is 1.84. The molecule has 0 bridgehead atoms. The van der Waals surface area contributed by atoms with E-state index in [0.29, 0.717) is 5.88 Å². The highest BCUT2D eigenvalue weighted by Crippen LogP contribution is 2.09. The zero-order valence-electron chi connectivity index (χ0n) is 10.4. The molecule has 90 valence electrons. The van der Waals surface area contributed by atoms with Crippen molar-refractivity contribution in [2.75, 3.05) is 38.6 Å². The van der Waals surface area contributed by atoms with Crippen LogP contribution in [0.3, 0.4) is 0 Å². The Hall–Kier alpha value is -1.29. The molecule has 0 saturated carbocycles. The van der Waals surface area contributed by atoms with Gasteiger partial charge in [-0.05, 0) is 19.2 Å². The van der Waals surface area contributed by atoms with Crippen LogP contribution >= 0.6 is 0 Å². The smallest absolute Gasteiger partial charge is 0.214 e. The first-order chi connectivity index (χ1) is 7.80. The molecule has 0 aliphatic rings. The van der Waals surface area contributed by atoms with Crippen LogP contribution in [0.25, 0.3) is 0 Å². The molecule has 4 nitrogen and oxygen atoms in total. The van der Waals surface area contributed by atoms with Gasteiger partial charge in [-0.1, -0.05) is 19.9 Å². The van der Waals surface area contributed by atoms with Gasteiger partial charge in [0.2, 0.25) is 5.88 Å². The lowest BCUT2D eigenvalue weighted by molar-refractivity contribution is 0.316. The summed E-state index contributed by atoms with van der Waals surface area (Å²) in [5.74, 6) is 1.51. The number of hydrogen-bond acceptors (Lipinski definition) is 4. The molecule has 0 fully saturated rings. The molecule has 16 heavy (non-hydrogen) atoms. The fourth-order valence-corrected chi connectivity index (χ4v) is 1.51. The maximum absolute atomic E-state index is 5.06. The highest BCUT2D eigenvalue weighted by molar-refractivity contribution is 5.36. The van der Waals surface area contributed by atoms with Gasteiger partial charge < -0.3 is 15.0 Å². The van der Waals surface area contributed by atoms with Crippen molar-refractivity contribution < 1.29 is 4.74 Å². The lowest BCUT2D eigenvalue weighted by Crippen LogP contribution is -2.28. The van der Waals surface area contributed by atoms with Gasteiger partial charge in [-0.2, -0.15) is 4.98 Å². The van der Waals surface area contributed by atoms with E-state index < -0.39 is 0 Å². The highest BCUT2D eigenvalue weighted by Gasteiger charge is 1.99. The third kappa shape index (κ3) is 4.06. The molecule has 0 atom stereocenters. The second kappa shape index (κ2) is 7.06. The molecular formula is C12H21N3O. The molecule has 0 aromatic carbocycles. The minimum atomic E-state index is 0.646. The van der Waals surface area contributed by atoms with E-state index in [1.54, 1.807) is 7.11 Å². The number of pyridine rings is 1. The molecule has 1 rings (SSSR count). The molecule has 0 aliphatic carbocycles. The van der Waals surface area contributed by atoms with Crippen LogP contribution in [0.5, 0.6) is 5.88 Å². The molecule has 1 N–H and O–H groups in total. The van der Waals surface area contributed by atoms with Crippen molar-refractivity contribution in [3.63, 3.8) is 0 Å². The Labute approximate surface area is 97.6 Å².